The Balaban J connectivity index is 2.32. The van der Waals surface area contributed by atoms with Crippen molar-refractivity contribution in [3.8, 4) is 16.9 Å². The number of hydrogen-bond donors (Lipinski definition) is 1. The largest absolute Gasteiger partial charge is 0.496 e. The van der Waals surface area contributed by atoms with Crippen LogP contribution in [0, 0.1) is 0 Å². The maximum absolute atomic E-state index is 12.4. The number of nitrogens with one attached hydrogen (secondary N) is 1. The van der Waals surface area contributed by atoms with Crippen LogP contribution in [0.5, 0.6) is 5.75 Å². The van der Waals surface area contributed by atoms with Gasteiger partial charge >= 0.3 is 0 Å². The summed E-state index contributed by atoms with van der Waals surface area (Å²) in [6, 6.07) is 12.3. The van der Waals surface area contributed by atoms with Crippen LogP contribution in [0.1, 0.15) is 0 Å². The lowest BCUT2D eigenvalue weighted by Gasteiger charge is -2.15. The maximum Gasteiger partial charge on any atom is 0.258 e. The van der Waals surface area contributed by atoms with Crippen molar-refractivity contribution >= 4 is 26.5 Å². The number of nitrogens with zero attached hydrogens (tertiary/aromatic N) is 1. The van der Waals surface area contributed by atoms with Gasteiger partial charge in [0, 0.05) is 35.4 Å². The highest BCUT2D eigenvalue weighted by molar-refractivity contribution is 7.92. The molecule has 7 heteroatoms. The topological polar surface area (TPSA) is 77.4 Å². The minimum absolute atomic E-state index is 0.0938. The Morgan fingerprint density at radius 3 is 2.36 bits per heavy atom. The van der Waals surface area contributed by atoms with Gasteiger partial charge in [-0.3, -0.25) is 9.52 Å². The second-order valence-electron chi connectivity index (χ2n) is 5.79. The minimum atomic E-state index is -3.40. The van der Waals surface area contributed by atoms with E-state index in [4.69, 9.17) is 4.74 Å². The van der Waals surface area contributed by atoms with Crippen molar-refractivity contribution in [2.24, 2.45) is 7.05 Å². The highest BCUT2D eigenvalue weighted by Crippen LogP contribution is 2.36. The first-order chi connectivity index (χ1) is 11.8. The molecule has 2 aromatic carbocycles. The molecule has 0 saturated heterocycles. The molecule has 0 saturated carbocycles. The standard InChI is InChI=1S/C18H18N2O4S/c1-20-11-16(13-6-4-5-7-14(13)18(20)21)15-10-12(19-25(3,22)23)8-9-17(15)24-2/h4-11,19H,1-3H3. The predicted octanol–water partition coefficient (Wildman–Crippen LogP) is 2.59. The van der Waals surface area contributed by atoms with Crippen LogP contribution < -0.4 is 15.0 Å². The van der Waals surface area contributed by atoms with Crippen molar-refractivity contribution in [3.63, 3.8) is 0 Å². The van der Waals surface area contributed by atoms with Gasteiger partial charge in [-0.25, -0.2) is 8.42 Å². The molecule has 0 radical (unpaired) electrons. The zero-order valence-electron chi connectivity index (χ0n) is 14.1. The van der Waals surface area contributed by atoms with E-state index in [1.165, 1.54) is 4.57 Å². The SMILES string of the molecule is COc1ccc(NS(C)(=O)=O)cc1-c1cn(C)c(=O)c2ccccc12. The van der Waals surface area contributed by atoms with Gasteiger partial charge in [-0.05, 0) is 29.7 Å². The highest BCUT2D eigenvalue weighted by Gasteiger charge is 2.14. The minimum Gasteiger partial charge on any atom is -0.496 e. The Bertz CT molecular complexity index is 1120. The predicted molar refractivity (Wildman–Crippen MR) is 99.6 cm³/mol. The molecule has 0 aliphatic carbocycles. The van der Waals surface area contributed by atoms with E-state index in [0.29, 0.717) is 22.4 Å². The Hall–Kier alpha value is -2.80. The van der Waals surface area contributed by atoms with Gasteiger partial charge in [0.25, 0.3) is 5.56 Å². The number of sulfonamides is 1. The molecule has 3 aromatic rings. The monoisotopic (exact) mass is 358 g/mol. The fourth-order valence-electron chi connectivity index (χ4n) is 2.83. The molecule has 1 aromatic heterocycles. The summed E-state index contributed by atoms with van der Waals surface area (Å²) in [5.74, 6) is 0.586. The lowest BCUT2D eigenvalue weighted by atomic mass is 9.99. The van der Waals surface area contributed by atoms with Gasteiger partial charge < -0.3 is 9.30 Å². The summed E-state index contributed by atoms with van der Waals surface area (Å²) in [5, 5.41) is 1.37. The molecule has 0 fully saturated rings. The first-order valence-corrected chi connectivity index (χ1v) is 9.44. The van der Waals surface area contributed by atoms with E-state index in [2.05, 4.69) is 4.72 Å². The number of benzene rings is 2. The molecule has 3 rings (SSSR count). The molecule has 1 heterocycles. The third-order valence-corrected chi connectivity index (χ3v) is 4.49. The molecule has 1 N–H and O–H groups in total. The molecule has 0 aliphatic rings. The van der Waals surface area contributed by atoms with E-state index in [-0.39, 0.29) is 5.56 Å². The summed E-state index contributed by atoms with van der Waals surface area (Å²) < 4.78 is 32.5. The van der Waals surface area contributed by atoms with Crippen LogP contribution in [0.4, 0.5) is 5.69 Å². The van der Waals surface area contributed by atoms with Gasteiger partial charge in [-0.1, -0.05) is 18.2 Å². The molecular formula is C18H18N2O4S. The molecular weight excluding hydrogens is 340 g/mol. The fraction of sp³-hybridized carbons (Fsp3) is 0.167. The van der Waals surface area contributed by atoms with Crippen molar-refractivity contribution in [2.75, 3.05) is 18.1 Å². The van der Waals surface area contributed by atoms with Gasteiger partial charge in [0.05, 0.1) is 13.4 Å². The highest BCUT2D eigenvalue weighted by atomic mass is 32.2. The van der Waals surface area contributed by atoms with Crippen LogP contribution in [-0.2, 0) is 17.1 Å². The number of pyridine rings is 1. The van der Waals surface area contributed by atoms with E-state index < -0.39 is 10.0 Å². The number of fused-ring (bicyclic) bond motifs is 1. The molecule has 0 unspecified atom stereocenters. The van der Waals surface area contributed by atoms with E-state index in [0.717, 1.165) is 17.2 Å². The van der Waals surface area contributed by atoms with Crippen molar-refractivity contribution in [2.45, 2.75) is 0 Å². The van der Waals surface area contributed by atoms with Crippen molar-refractivity contribution < 1.29 is 13.2 Å². The van der Waals surface area contributed by atoms with Gasteiger partial charge in [-0.2, -0.15) is 0 Å². The quantitative estimate of drug-likeness (QED) is 0.778. The van der Waals surface area contributed by atoms with E-state index >= 15 is 0 Å². The van der Waals surface area contributed by atoms with Crippen LogP contribution in [0.25, 0.3) is 21.9 Å². The Morgan fingerprint density at radius 1 is 1.04 bits per heavy atom. The van der Waals surface area contributed by atoms with Gasteiger partial charge in [0.15, 0.2) is 0 Å². The van der Waals surface area contributed by atoms with Crippen LogP contribution in [0.15, 0.2) is 53.5 Å². The van der Waals surface area contributed by atoms with E-state index in [1.807, 2.05) is 18.2 Å². The number of aromatic nitrogens is 1. The summed E-state index contributed by atoms with van der Waals surface area (Å²) in [4.78, 5) is 12.4. The van der Waals surface area contributed by atoms with Gasteiger partial charge in [0.1, 0.15) is 5.75 Å². The van der Waals surface area contributed by atoms with Crippen LogP contribution >= 0.6 is 0 Å². The second kappa shape index (κ2) is 6.25. The molecule has 0 atom stereocenters. The normalized spacial score (nSPS) is 11.5. The number of ether oxygens (including phenoxy) is 1. The summed E-state index contributed by atoms with van der Waals surface area (Å²) in [6.45, 7) is 0. The number of methoxy groups -OCH3 is 1. The average molecular weight is 358 g/mol. The van der Waals surface area contributed by atoms with Crippen LogP contribution in [-0.4, -0.2) is 26.4 Å². The summed E-state index contributed by atoms with van der Waals surface area (Å²) in [6.07, 6.45) is 2.82. The molecule has 0 spiro atoms. The molecule has 0 aliphatic heterocycles. The van der Waals surface area contributed by atoms with Crippen molar-refractivity contribution in [3.05, 3.63) is 59.0 Å². The lowest BCUT2D eigenvalue weighted by Crippen LogP contribution is -2.16. The third kappa shape index (κ3) is 3.36. The lowest BCUT2D eigenvalue weighted by molar-refractivity contribution is 0.416. The van der Waals surface area contributed by atoms with Crippen molar-refractivity contribution in [1.82, 2.24) is 4.57 Å². The van der Waals surface area contributed by atoms with Crippen LogP contribution in [0.3, 0.4) is 0 Å². The smallest absolute Gasteiger partial charge is 0.258 e. The zero-order valence-corrected chi connectivity index (χ0v) is 14.9. The molecule has 6 nitrogen and oxygen atoms in total. The first kappa shape index (κ1) is 17.0. The summed E-state index contributed by atoms with van der Waals surface area (Å²) in [5.41, 5.74) is 1.81. The number of aryl methyl sites for hydroxylation is 1. The van der Waals surface area contributed by atoms with Gasteiger partial charge in [0.2, 0.25) is 10.0 Å². The average Bonchev–Trinajstić information content (AvgIpc) is 2.57. The number of hydrogen-bond acceptors (Lipinski definition) is 4. The number of anilines is 1. The molecule has 130 valence electrons. The Kier molecular flexibility index (Phi) is 4.26. The van der Waals surface area contributed by atoms with E-state index in [9.17, 15) is 13.2 Å². The zero-order chi connectivity index (χ0) is 18.2. The van der Waals surface area contributed by atoms with Crippen LogP contribution in [0.2, 0.25) is 0 Å². The second-order valence-corrected chi connectivity index (χ2v) is 7.54. The summed E-state index contributed by atoms with van der Waals surface area (Å²) in [7, 11) is -0.167. The Labute approximate surface area is 145 Å². The first-order valence-electron chi connectivity index (χ1n) is 7.55. The fourth-order valence-corrected chi connectivity index (χ4v) is 3.38. The summed E-state index contributed by atoms with van der Waals surface area (Å²) >= 11 is 0. The molecule has 0 amide bonds. The maximum atomic E-state index is 12.4. The van der Waals surface area contributed by atoms with Crippen molar-refractivity contribution in [1.29, 1.82) is 0 Å². The Morgan fingerprint density at radius 2 is 1.72 bits per heavy atom. The molecule has 25 heavy (non-hydrogen) atoms. The third-order valence-electron chi connectivity index (χ3n) is 3.88. The van der Waals surface area contributed by atoms with Gasteiger partial charge in [-0.15, -0.1) is 0 Å². The number of rotatable bonds is 4. The van der Waals surface area contributed by atoms with E-state index in [1.54, 1.807) is 44.6 Å². The molecule has 0 bridgehead atoms.